The van der Waals surface area contributed by atoms with E-state index >= 15 is 0 Å². The number of aliphatic hydroxyl groups is 2. The third-order valence-electron chi connectivity index (χ3n) is 9.79. The molecular weight excluding hydrogens is 570 g/mol. The molecule has 0 unspecified atom stereocenters. The van der Waals surface area contributed by atoms with Crippen LogP contribution in [0.3, 0.4) is 0 Å². The van der Waals surface area contributed by atoms with Crippen LogP contribution in [-0.2, 0) is 9.59 Å². The maximum Gasteiger partial charge on any atom is 0.220 e. The summed E-state index contributed by atoms with van der Waals surface area (Å²) in [5.41, 5.74) is 0. The number of amides is 1. The summed E-state index contributed by atoms with van der Waals surface area (Å²) in [6.45, 7) is 4.12. The molecule has 1 amide bonds. The Hall–Kier alpha value is -0.940. The highest BCUT2D eigenvalue weighted by molar-refractivity contribution is 5.85. The van der Waals surface area contributed by atoms with Crippen molar-refractivity contribution in [3.63, 3.8) is 0 Å². The Morgan fingerprint density at radius 1 is 0.435 bits per heavy atom. The van der Waals surface area contributed by atoms with Gasteiger partial charge >= 0.3 is 0 Å². The molecule has 46 heavy (non-hydrogen) atoms. The van der Waals surface area contributed by atoms with Crippen LogP contribution >= 0.6 is 0 Å². The van der Waals surface area contributed by atoms with Crippen LogP contribution in [0.4, 0.5) is 0 Å². The second kappa shape index (κ2) is 36.9. The molecule has 0 rings (SSSR count). The van der Waals surface area contributed by atoms with Gasteiger partial charge in [0.15, 0.2) is 5.78 Å². The molecule has 5 nitrogen and oxygen atoms in total. The zero-order valence-electron chi connectivity index (χ0n) is 31.1. The topological polar surface area (TPSA) is 86.6 Å². The maximum absolute atomic E-state index is 12.5. The van der Waals surface area contributed by atoms with Gasteiger partial charge < -0.3 is 15.5 Å². The monoisotopic (exact) mass is 652 g/mol. The van der Waals surface area contributed by atoms with E-state index in [9.17, 15) is 19.8 Å². The lowest BCUT2D eigenvalue weighted by atomic mass is 10.0. The third-order valence-corrected chi connectivity index (χ3v) is 9.79. The van der Waals surface area contributed by atoms with E-state index in [0.717, 1.165) is 38.5 Å². The summed E-state index contributed by atoms with van der Waals surface area (Å²) in [7, 11) is 0. The molecule has 0 aromatic carbocycles. The summed E-state index contributed by atoms with van der Waals surface area (Å²) in [6.07, 6.45) is 40.6. The molecule has 3 N–H and O–H groups in total. The van der Waals surface area contributed by atoms with E-state index in [1.807, 2.05) is 0 Å². The summed E-state index contributed by atoms with van der Waals surface area (Å²) in [4.78, 5) is 24.8. The summed E-state index contributed by atoms with van der Waals surface area (Å²) in [5, 5.41) is 22.8. The summed E-state index contributed by atoms with van der Waals surface area (Å²) < 4.78 is 0. The molecule has 0 bridgehead atoms. The van der Waals surface area contributed by atoms with Crippen LogP contribution < -0.4 is 5.32 Å². The molecule has 0 spiro atoms. The quantitative estimate of drug-likeness (QED) is 0.0580. The highest BCUT2D eigenvalue weighted by Crippen LogP contribution is 2.16. The first-order valence-corrected chi connectivity index (χ1v) is 20.7. The van der Waals surface area contributed by atoms with Crippen LogP contribution in [0.5, 0.6) is 0 Å². The lowest BCUT2D eigenvalue weighted by Crippen LogP contribution is -2.49. The molecule has 0 aliphatic carbocycles. The SMILES string of the molecule is CCCCCCCCCCCCCCCCCCCCCC(=O)N[C@@H](CO)[C@H](O)C(=O)CCCCCCCCCCCCCCC. The molecule has 0 fully saturated rings. The molecule has 0 saturated heterocycles. The van der Waals surface area contributed by atoms with E-state index < -0.39 is 18.8 Å². The molecular formula is C41H81NO4. The first kappa shape index (κ1) is 45.1. The summed E-state index contributed by atoms with van der Waals surface area (Å²) in [6, 6.07) is -0.901. The van der Waals surface area contributed by atoms with Crippen LogP contribution in [0.15, 0.2) is 0 Å². The molecule has 0 saturated carbocycles. The fraction of sp³-hybridized carbons (Fsp3) is 0.951. The Bertz CT molecular complexity index is 640. The number of Topliss-reactive ketones (excluding diaryl/α,β-unsaturated/α-hetero) is 1. The molecule has 2 atom stereocenters. The lowest BCUT2D eigenvalue weighted by molar-refractivity contribution is -0.131. The Balaban J connectivity index is 3.60. The van der Waals surface area contributed by atoms with Crippen LogP contribution in [0.2, 0.25) is 0 Å². The molecule has 0 aliphatic rings. The second-order valence-corrected chi connectivity index (χ2v) is 14.4. The molecule has 0 aromatic heterocycles. The van der Waals surface area contributed by atoms with Crippen molar-refractivity contribution >= 4 is 11.7 Å². The standard InChI is InChI=1S/C41H81NO4/c1-3-5-7-9-11-13-15-17-18-19-20-21-22-24-26-28-30-32-34-36-40(45)42-38(37-43)41(46)39(44)35-33-31-29-27-25-23-16-14-12-10-8-6-4-2/h38,41,43,46H,3-37H2,1-2H3,(H,42,45)/t38-,41-/m0/s1. The first-order chi connectivity index (χ1) is 22.6. The number of unbranched alkanes of at least 4 members (excludes halogenated alkanes) is 30. The van der Waals surface area contributed by atoms with Gasteiger partial charge in [0.05, 0.1) is 12.6 Å². The van der Waals surface area contributed by atoms with E-state index in [1.165, 1.54) is 167 Å². The number of rotatable bonds is 38. The van der Waals surface area contributed by atoms with Gasteiger partial charge in [-0.3, -0.25) is 9.59 Å². The number of nitrogens with one attached hydrogen (secondary N) is 1. The smallest absolute Gasteiger partial charge is 0.220 e. The number of hydrogen-bond donors (Lipinski definition) is 3. The van der Waals surface area contributed by atoms with Crippen molar-refractivity contribution in [2.45, 2.75) is 244 Å². The average Bonchev–Trinajstić information content (AvgIpc) is 3.06. The van der Waals surface area contributed by atoms with Gasteiger partial charge in [-0.1, -0.05) is 206 Å². The number of ketones is 1. The third kappa shape index (κ3) is 31.6. The van der Waals surface area contributed by atoms with E-state index in [0.29, 0.717) is 12.8 Å². The molecule has 5 heteroatoms. The first-order valence-electron chi connectivity index (χ1n) is 20.7. The fourth-order valence-corrected chi connectivity index (χ4v) is 6.56. The van der Waals surface area contributed by atoms with E-state index in [4.69, 9.17) is 0 Å². The predicted octanol–water partition coefficient (Wildman–Crippen LogP) is 11.7. The molecule has 0 radical (unpaired) electrons. The molecule has 274 valence electrons. The predicted molar refractivity (Wildman–Crippen MR) is 198 cm³/mol. The van der Waals surface area contributed by atoms with Crippen LogP contribution in [0.1, 0.15) is 232 Å². The van der Waals surface area contributed by atoms with E-state index in [1.54, 1.807) is 0 Å². The van der Waals surface area contributed by atoms with Crippen molar-refractivity contribution in [2.75, 3.05) is 6.61 Å². The van der Waals surface area contributed by atoms with E-state index in [-0.39, 0.29) is 11.7 Å². The Morgan fingerprint density at radius 3 is 0.978 bits per heavy atom. The van der Waals surface area contributed by atoms with Gasteiger partial charge in [-0.15, -0.1) is 0 Å². The van der Waals surface area contributed by atoms with Gasteiger partial charge in [-0.05, 0) is 12.8 Å². The largest absolute Gasteiger partial charge is 0.394 e. The highest BCUT2D eigenvalue weighted by Gasteiger charge is 2.26. The Morgan fingerprint density at radius 2 is 0.696 bits per heavy atom. The number of aliphatic hydroxyl groups excluding tert-OH is 2. The van der Waals surface area contributed by atoms with Crippen LogP contribution in [0, 0.1) is 0 Å². The minimum atomic E-state index is -1.32. The van der Waals surface area contributed by atoms with Crippen LogP contribution in [-0.4, -0.2) is 40.7 Å². The average molecular weight is 652 g/mol. The zero-order valence-corrected chi connectivity index (χ0v) is 31.1. The van der Waals surface area contributed by atoms with Crippen molar-refractivity contribution < 1.29 is 19.8 Å². The zero-order chi connectivity index (χ0) is 33.8. The summed E-state index contributed by atoms with van der Waals surface area (Å²) >= 11 is 0. The number of hydrogen-bond acceptors (Lipinski definition) is 4. The van der Waals surface area contributed by atoms with Gasteiger partial charge in [0.25, 0.3) is 0 Å². The Labute approximate surface area is 287 Å². The second-order valence-electron chi connectivity index (χ2n) is 14.4. The highest BCUT2D eigenvalue weighted by atomic mass is 16.3. The minimum absolute atomic E-state index is 0.182. The maximum atomic E-state index is 12.5. The van der Waals surface area contributed by atoms with E-state index in [2.05, 4.69) is 19.2 Å². The Kier molecular flexibility index (Phi) is 36.1. The van der Waals surface area contributed by atoms with Gasteiger partial charge in [0, 0.05) is 12.8 Å². The fourth-order valence-electron chi connectivity index (χ4n) is 6.56. The van der Waals surface area contributed by atoms with Crippen molar-refractivity contribution in [3.8, 4) is 0 Å². The van der Waals surface area contributed by atoms with Gasteiger partial charge in [-0.25, -0.2) is 0 Å². The number of carbonyl (C=O) groups excluding carboxylic acids is 2. The molecule has 0 heterocycles. The van der Waals surface area contributed by atoms with Crippen LogP contribution in [0.25, 0.3) is 0 Å². The molecule has 0 aromatic rings. The van der Waals surface area contributed by atoms with Crippen molar-refractivity contribution in [1.82, 2.24) is 5.32 Å². The van der Waals surface area contributed by atoms with Crippen molar-refractivity contribution in [2.24, 2.45) is 0 Å². The number of carbonyl (C=O) groups is 2. The minimum Gasteiger partial charge on any atom is -0.394 e. The van der Waals surface area contributed by atoms with Gasteiger partial charge in [-0.2, -0.15) is 0 Å². The lowest BCUT2D eigenvalue weighted by Gasteiger charge is -2.21. The summed E-state index contributed by atoms with van der Waals surface area (Å²) in [5.74, 6) is -0.454. The van der Waals surface area contributed by atoms with Gasteiger partial charge in [0.1, 0.15) is 6.10 Å². The van der Waals surface area contributed by atoms with Crippen molar-refractivity contribution in [1.29, 1.82) is 0 Å². The normalized spacial score (nSPS) is 12.8. The van der Waals surface area contributed by atoms with Crippen molar-refractivity contribution in [3.05, 3.63) is 0 Å². The van der Waals surface area contributed by atoms with Gasteiger partial charge in [0.2, 0.25) is 5.91 Å². The molecule has 0 aliphatic heterocycles.